The molecule has 4 N–H and O–H groups in total. The molecule has 15 heteroatoms. The van der Waals surface area contributed by atoms with E-state index in [9.17, 15) is 32.3 Å². The lowest BCUT2D eigenvalue weighted by Crippen LogP contribution is -2.49. The molecule has 1 aliphatic rings. The van der Waals surface area contributed by atoms with Crippen molar-refractivity contribution in [3.05, 3.63) is 42.4 Å². The van der Waals surface area contributed by atoms with Gasteiger partial charge in [-0.1, -0.05) is 0 Å². The number of alkyl halides is 3. The quantitative estimate of drug-likeness (QED) is 0.445. The predicted octanol–water partition coefficient (Wildman–Crippen LogP) is 2.56. The molecule has 0 unspecified atom stereocenters. The molecule has 0 saturated carbocycles. The number of piperidine rings is 1. The van der Waals surface area contributed by atoms with Crippen LogP contribution in [-0.2, 0) is 6.54 Å². The number of likely N-dealkylation sites (tertiary alicyclic amines) is 1. The molecule has 11 nitrogen and oxygen atoms in total. The van der Waals surface area contributed by atoms with Crippen molar-refractivity contribution in [1.29, 1.82) is 0 Å². The van der Waals surface area contributed by atoms with Crippen LogP contribution in [0.5, 0.6) is 0 Å². The molecule has 0 bridgehead atoms. The summed E-state index contributed by atoms with van der Waals surface area (Å²) >= 11 is 0. The third-order valence-corrected chi connectivity index (χ3v) is 5.44. The maximum absolute atomic E-state index is 14.6. The summed E-state index contributed by atoms with van der Waals surface area (Å²) in [7, 11) is 0. The molecule has 36 heavy (non-hydrogen) atoms. The smallest absolute Gasteiger partial charge is 0.408 e. The van der Waals surface area contributed by atoms with Gasteiger partial charge in [-0.05, 0) is 18.9 Å². The Balaban J connectivity index is 1.58. The summed E-state index contributed by atoms with van der Waals surface area (Å²) in [6, 6.07) is 0.780. The number of carbonyl (C=O) groups excluding carboxylic acids is 1. The van der Waals surface area contributed by atoms with Crippen LogP contribution in [0.4, 0.5) is 28.2 Å². The molecular weight excluding hydrogens is 488 g/mol. The van der Waals surface area contributed by atoms with E-state index in [2.05, 4.69) is 25.4 Å². The number of rotatable bonds is 5. The maximum atomic E-state index is 14.6. The Morgan fingerprint density at radius 1 is 1.19 bits per heavy atom. The lowest BCUT2D eigenvalue weighted by Gasteiger charge is -2.31. The molecule has 1 saturated heterocycles. The van der Waals surface area contributed by atoms with Gasteiger partial charge < -0.3 is 21.1 Å². The fourth-order valence-corrected chi connectivity index (χ4v) is 3.78. The number of aromatic nitrogens is 5. The van der Waals surface area contributed by atoms with Gasteiger partial charge in [0, 0.05) is 36.5 Å². The molecule has 0 radical (unpaired) electrons. The van der Waals surface area contributed by atoms with Crippen molar-refractivity contribution in [2.45, 2.75) is 31.6 Å². The zero-order valence-corrected chi connectivity index (χ0v) is 18.5. The molecule has 0 aromatic carbocycles. The van der Waals surface area contributed by atoms with E-state index < -0.39 is 36.6 Å². The van der Waals surface area contributed by atoms with Gasteiger partial charge in [-0.2, -0.15) is 18.3 Å². The van der Waals surface area contributed by atoms with E-state index in [0.29, 0.717) is 24.1 Å². The molecule has 4 rings (SSSR count). The number of nitrogen functional groups attached to an aromatic ring is 1. The van der Waals surface area contributed by atoms with Crippen LogP contribution >= 0.6 is 0 Å². The predicted molar refractivity (Wildman–Crippen MR) is 117 cm³/mol. The van der Waals surface area contributed by atoms with Gasteiger partial charge in [0.2, 0.25) is 0 Å². The first-order valence-corrected chi connectivity index (χ1v) is 10.7. The van der Waals surface area contributed by atoms with Gasteiger partial charge in [0.15, 0.2) is 17.3 Å². The van der Waals surface area contributed by atoms with Crippen LogP contribution in [0, 0.1) is 5.82 Å². The number of anilines is 1. The Labute approximate surface area is 201 Å². The summed E-state index contributed by atoms with van der Waals surface area (Å²) in [5, 5.41) is 15.5. The maximum Gasteiger partial charge on any atom is 0.408 e. The van der Waals surface area contributed by atoms with Gasteiger partial charge in [-0.15, -0.1) is 0 Å². The van der Waals surface area contributed by atoms with Crippen molar-refractivity contribution >= 4 is 17.8 Å². The normalized spacial score (nSPS) is 16.1. The minimum absolute atomic E-state index is 0.0611. The van der Waals surface area contributed by atoms with Crippen LogP contribution in [0.3, 0.4) is 0 Å². The van der Waals surface area contributed by atoms with E-state index in [1.165, 1.54) is 11.0 Å². The summed E-state index contributed by atoms with van der Waals surface area (Å²) in [6.45, 7) is -0.843. The summed E-state index contributed by atoms with van der Waals surface area (Å²) in [4.78, 5) is 37.2. The van der Waals surface area contributed by atoms with Gasteiger partial charge in [0.1, 0.15) is 6.54 Å². The number of amides is 2. The van der Waals surface area contributed by atoms with E-state index in [1.807, 2.05) is 0 Å². The standard InChI is InChI=1S/C21H20F4N8O3/c22-14-6-27-15(11-5-29-33(8-11)10-21(23,24)25)4-13(14)16-7-28-18(26)17(31-16)19(34)30-12-2-1-3-32(9-12)20(35)36/h4-8,12H,1-3,9-10H2,(H2,26,28)(H,30,34)(H,35,36)/t12-/m0/s1. The summed E-state index contributed by atoms with van der Waals surface area (Å²) in [5.41, 5.74) is 5.69. The highest BCUT2D eigenvalue weighted by atomic mass is 19.4. The van der Waals surface area contributed by atoms with Crippen LogP contribution in [-0.4, -0.2) is 72.0 Å². The SMILES string of the molecule is Nc1ncc(-c2cc(-c3cnn(CC(F)(F)F)c3)ncc2F)nc1C(=O)N[C@H]1CCCN(C(=O)O)C1. The molecule has 4 heterocycles. The largest absolute Gasteiger partial charge is 0.465 e. The van der Waals surface area contributed by atoms with Crippen LogP contribution in [0.2, 0.25) is 0 Å². The molecule has 2 amide bonds. The third-order valence-electron chi connectivity index (χ3n) is 5.44. The van der Waals surface area contributed by atoms with Crippen molar-refractivity contribution in [1.82, 2.24) is 34.9 Å². The highest BCUT2D eigenvalue weighted by Gasteiger charge is 2.29. The lowest BCUT2D eigenvalue weighted by atomic mass is 10.1. The van der Waals surface area contributed by atoms with Crippen molar-refractivity contribution < 1.29 is 32.3 Å². The fraction of sp³-hybridized carbons (Fsp3) is 0.333. The molecule has 1 fully saturated rings. The Morgan fingerprint density at radius 2 is 1.97 bits per heavy atom. The van der Waals surface area contributed by atoms with Gasteiger partial charge >= 0.3 is 12.3 Å². The number of pyridine rings is 1. The van der Waals surface area contributed by atoms with Crippen LogP contribution < -0.4 is 11.1 Å². The monoisotopic (exact) mass is 508 g/mol. The van der Waals surface area contributed by atoms with Crippen molar-refractivity contribution in [3.8, 4) is 22.5 Å². The molecular formula is C21H20F4N8O3. The number of nitrogens with one attached hydrogen (secondary N) is 1. The number of nitrogens with zero attached hydrogens (tertiary/aromatic N) is 6. The second-order valence-corrected chi connectivity index (χ2v) is 8.12. The van der Waals surface area contributed by atoms with Gasteiger partial charge in [0.25, 0.3) is 5.91 Å². The Kier molecular flexibility index (Phi) is 6.72. The van der Waals surface area contributed by atoms with E-state index in [0.717, 1.165) is 24.8 Å². The number of carbonyl (C=O) groups is 2. The minimum Gasteiger partial charge on any atom is -0.465 e. The molecule has 0 spiro atoms. The zero-order chi connectivity index (χ0) is 26.0. The first-order valence-electron chi connectivity index (χ1n) is 10.7. The second kappa shape index (κ2) is 9.75. The Hall–Kier alpha value is -4.30. The molecule has 3 aromatic rings. The number of carboxylic acid groups (broad SMARTS) is 1. The number of halogens is 4. The first kappa shape index (κ1) is 24.8. The Bertz CT molecular complexity index is 1300. The summed E-state index contributed by atoms with van der Waals surface area (Å²) in [5.74, 6) is -1.73. The van der Waals surface area contributed by atoms with E-state index in [-0.39, 0.29) is 40.6 Å². The van der Waals surface area contributed by atoms with Gasteiger partial charge in [-0.3, -0.25) is 14.5 Å². The zero-order valence-electron chi connectivity index (χ0n) is 18.5. The number of hydrogen-bond donors (Lipinski definition) is 3. The van der Waals surface area contributed by atoms with Crippen molar-refractivity contribution in [2.75, 3.05) is 18.8 Å². The van der Waals surface area contributed by atoms with E-state index >= 15 is 0 Å². The fourth-order valence-electron chi connectivity index (χ4n) is 3.78. The molecule has 0 aliphatic carbocycles. The number of nitrogens with two attached hydrogens (primary N) is 1. The Morgan fingerprint density at radius 3 is 2.69 bits per heavy atom. The third kappa shape index (κ3) is 5.67. The lowest BCUT2D eigenvalue weighted by molar-refractivity contribution is -0.142. The minimum atomic E-state index is -4.47. The second-order valence-electron chi connectivity index (χ2n) is 8.12. The van der Waals surface area contributed by atoms with E-state index in [1.54, 1.807) is 0 Å². The first-order chi connectivity index (χ1) is 17.0. The summed E-state index contributed by atoms with van der Waals surface area (Å²) < 4.78 is 53.2. The van der Waals surface area contributed by atoms with Crippen LogP contribution in [0.25, 0.3) is 22.5 Å². The highest BCUT2D eigenvalue weighted by molar-refractivity contribution is 5.97. The molecule has 1 atom stereocenters. The van der Waals surface area contributed by atoms with Crippen LogP contribution in [0.1, 0.15) is 23.3 Å². The van der Waals surface area contributed by atoms with Crippen LogP contribution in [0.15, 0.2) is 30.9 Å². The molecule has 1 aliphatic heterocycles. The molecule has 190 valence electrons. The average Bonchev–Trinajstić information content (AvgIpc) is 3.26. The molecule has 3 aromatic heterocycles. The topological polar surface area (TPSA) is 152 Å². The average molecular weight is 508 g/mol. The van der Waals surface area contributed by atoms with Gasteiger partial charge in [-0.25, -0.2) is 19.2 Å². The van der Waals surface area contributed by atoms with Gasteiger partial charge in [0.05, 0.1) is 30.0 Å². The van der Waals surface area contributed by atoms with Crippen molar-refractivity contribution in [2.24, 2.45) is 0 Å². The van der Waals surface area contributed by atoms with Crippen molar-refractivity contribution in [3.63, 3.8) is 0 Å². The summed E-state index contributed by atoms with van der Waals surface area (Å²) in [6.07, 6.45) is -0.159. The number of hydrogen-bond acceptors (Lipinski definition) is 7. The highest BCUT2D eigenvalue weighted by Crippen LogP contribution is 2.27. The van der Waals surface area contributed by atoms with E-state index in [4.69, 9.17) is 5.73 Å².